The van der Waals surface area contributed by atoms with Crippen LogP contribution in [-0.4, -0.2) is 6.04 Å². The van der Waals surface area contributed by atoms with Gasteiger partial charge in [0.25, 0.3) is 0 Å². The molecule has 4 heteroatoms. The van der Waals surface area contributed by atoms with Crippen LogP contribution in [0.4, 0.5) is 0 Å². The van der Waals surface area contributed by atoms with Crippen molar-refractivity contribution in [3.8, 4) is 6.07 Å². The fourth-order valence-electron chi connectivity index (χ4n) is 2.44. The van der Waals surface area contributed by atoms with Crippen molar-refractivity contribution >= 4 is 27.5 Å². The molecule has 1 N–H and O–H groups in total. The second-order valence-electron chi connectivity index (χ2n) is 4.73. The standard InChI is InChI=1S/C14H16BrClN2/c15-13-8-10(16)6-7-12(13)14(9-17)18-11-4-2-1-3-5-11/h6-8,11,14,18H,1-5H2. The molecule has 1 fully saturated rings. The van der Waals surface area contributed by atoms with Crippen molar-refractivity contribution in [2.24, 2.45) is 0 Å². The summed E-state index contributed by atoms with van der Waals surface area (Å²) in [7, 11) is 0. The minimum Gasteiger partial charge on any atom is -0.295 e. The molecule has 1 saturated carbocycles. The van der Waals surface area contributed by atoms with Crippen LogP contribution in [0.2, 0.25) is 5.02 Å². The van der Waals surface area contributed by atoms with Gasteiger partial charge in [-0.15, -0.1) is 0 Å². The van der Waals surface area contributed by atoms with Gasteiger partial charge in [0.1, 0.15) is 6.04 Å². The van der Waals surface area contributed by atoms with Crippen molar-refractivity contribution in [1.82, 2.24) is 5.32 Å². The van der Waals surface area contributed by atoms with Crippen molar-refractivity contribution < 1.29 is 0 Å². The van der Waals surface area contributed by atoms with E-state index in [1.807, 2.05) is 18.2 Å². The lowest BCUT2D eigenvalue weighted by molar-refractivity contribution is 0.359. The maximum absolute atomic E-state index is 9.34. The molecule has 0 spiro atoms. The lowest BCUT2D eigenvalue weighted by Crippen LogP contribution is -2.34. The van der Waals surface area contributed by atoms with E-state index >= 15 is 0 Å². The van der Waals surface area contributed by atoms with Crippen molar-refractivity contribution in [3.05, 3.63) is 33.3 Å². The minimum atomic E-state index is -0.264. The Morgan fingerprint density at radius 1 is 1.33 bits per heavy atom. The van der Waals surface area contributed by atoms with Crippen LogP contribution >= 0.6 is 27.5 Å². The summed E-state index contributed by atoms with van der Waals surface area (Å²) in [6.45, 7) is 0. The van der Waals surface area contributed by atoms with Crippen LogP contribution in [-0.2, 0) is 0 Å². The average molecular weight is 328 g/mol. The van der Waals surface area contributed by atoms with Crippen molar-refractivity contribution in [3.63, 3.8) is 0 Å². The third kappa shape index (κ3) is 3.47. The second-order valence-corrected chi connectivity index (χ2v) is 6.02. The maximum Gasteiger partial charge on any atom is 0.122 e. The Labute approximate surface area is 121 Å². The number of nitrogens with one attached hydrogen (secondary N) is 1. The highest BCUT2D eigenvalue weighted by atomic mass is 79.9. The quantitative estimate of drug-likeness (QED) is 0.881. The first kappa shape index (κ1) is 13.9. The highest BCUT2D eigenvalue weighted by molar-refractivity contribution is 9.10. The highest BCUT2D eigenvalue weighted by Crippen LogP contribution is 2.28. The van der Waals surface area contributed by atoms with E-state index in [0.717, 1.165) is 10.0 Å². The first-order valence-electron chi connectivity index (χ1n) is 6.31. The van der Waals surface area contributed by atoms with E-state index in [2.05, 4.69) is 27.3 Å². The van der Waals surface area contributed by atoms with Gasteiger partial charge in [0.05, 0.1) is 6.07 Å². The van der Waals surface area contributed by atoms with Crippen LogP contribution in [0.5, 0.6) is 0 Å². The molecule has 1 aliphatic rings. The van der Waals surface area contributed by atoms with Crippen molar-refractivity contribution in [2.45, 2.75) is 44.2 Å². The number of hydrogen-bond donors (Lipinski definition) is 1. The molecule has 96 valence electrons. The summed E-state index contributed by atoms with van der Waals surface area (Å²) >= 11 is 9.40. The van der Waals surface area contributed by atoms with Crippen LogP contribution in [0.25, 0.3) is 0 Å². The summed E-state index contributed by atoms with van der Waals surface area (Å²) in [5, 5.41) is 13.5. The molecule has 1 aliphatic carbocycles. The Bertz CT molecular complexity index is 450. The van der Waals surface area contributed by atoms with E-state index in [1.54, 1.807) is 0 Å². The van der Waals surface area contributed by atoms with Gasteiger partial charge < -0.3 is 0 Å². The number of hydrogen-bond acceptors (Lipinski definition) is 2. The Hall–Kier alpha value is -0.560. The SMILES string of the molecule is N#CC(NC1CCCCC1)c1ccc(Cl)cc1Br. The first-order valence-corrected chi connectivity index (χ1v) is 7.48. The van der Waals surface area contributed by atoms with Gasteiger partial charge in [-0.2, -0.15) is 5.26 Å². The zero-order chi connectivity index (χ0) is 13.0. The Balaban J connectivity index is 2.10. The molecule has 0 radical (unpaired) electrons. The van der Waals surface area contributed by atoms with Gasteiger partial charge in [-0.3, -0.25) is 5.32 Å². The molecule has 1 aromatic carbocycles. The van der Waals surface area contributed by atoms with Crippen molar-refractivity contribution in [1.29, 1.82) is 5.26 Å². The number of halogens is 2. The van der Waals surface area contributed by atoms with Gasteiger partial charge in [0.2, 0.25) is 0 Å². The minimum absolute atomic E-state index is 0.264. The third-order valence-corrected chi connectivity index (χ3v) is 4.33. The van der Waals surface area contributed by atoms with Crippen LogP contribution < -0.4 is 5.32 Å². The Morgan fingerprint density at radius 3 is 2.67 bits per heavy atom. The summed E-state index contributed by atoms with van der Waals surface area (Å²) in [6.07, 6.45) is 6.18. The molecule has 1 atom stereocenters. The zero-order valence-corrected chi connectivity index (χ0v) is 12.5. The Kier molecular flexibility index (Phi) is 5.05. The largest absolute Gasteiger partial charge is 0.295 e. The van der Waals surface area contributed by atoms with Crippen LogP contribution in [0.1, 0.15) is 43.7 Å². The zero-order valence-electron chi connectivity index (χ0n) is 10.1. The molecule has 0 aromatic heterocycles. The molecule has 0 aliphatic heterocycles. The smallest absolute Gasteiger partial charge is 0.122 e. The monoisotopic (exact) mass is 326 g/mol. The van der Waals surface area contributed by atoms with E-state index in [1.165, 1.54) is 32.1 Å². The summed E-state index contributed by atoms with van der Waals surface area (Å²) in [6, 6.07) is 8.12. The summed E-state index contributed by atoms with van der Waals surface area (Å²) < 4.78 is 0.893. The van der Waals surface area contributed by atoms with Gasteiger partial charge in [0, 0.05) is 15.5 Å². The third-order valence-electron chi connectivity index (χ3n) is 3.41. The fourth-order valence-corrected chi connectivity index (χ4v) is 3.35. The van der Waals surface area contributed by atoms with Gasteiger partial charge in [-0.25, -0.2) is 0 Å². The van der Waals surface area contributed by atoms with E-state index in [0.29, 0.717) is 11.1 Å². The normalized spacial score (nSPS) is 18.3. The van der Waals surface area contributed by atoms with Gasteiger partial charge in [0.15, 0.2) is 0 Å². The van der Waals surface area contributed by atoms with Crippen molar-refractivity contribution in [2.75, 3.05) is 0 Å². The van der Waals surface area contributed by atoms with Crippen LogP contribution in [0.3, 0.4) is 0 Å². The predicted octanol–water partition coefficient (Wildman–Crippen LogP) is 4.59. The lowest BCUT2D eigenvalue weighted by atomic mass is 9.94. The summed E-state index contributed by atoms with van der Waals surface area (Å²) in [5.41, 5.74) is 0.965. The molecule has 0 saturated heterocycles. The molecule has 2 nitrogen and oxygen atoms in total. The lowest BCUT2D eigenvalue weighted by Gasteiger charge is -2.26. The molecule has 0 amide bonds. The van der Waals surface area contributed by atoms with Gasteiger partial charge >= 0.3 is 0 Å². The molecular weight excluding hydrogens is 312 g/mol. The molecule has 18 heavy (non-hydrogen) atoms. The maximum atomic E-state index is 9.34. The molecule has 1 unspecified atom stereocenters. The van der Waals surface area contributed by atoms with E-state index in [4.69, 9.17) is 11.6 Å². The van der Waals surface area contributed by atoms with E-state index < -0.39 is 0 Å². The van der Waals surface area contributed by atoms with Gasteiger partial charge in [-0.1, -0.05) is 52.9 Å². The van der Waals surface area contributed by atoms with E-state index in [-0.39, 0.29) is 6.04 Å². The Morgan fingerprint density at radius 2 is 2.06 bits per heavy atom. The predicted molar refractivity (Wildman–Crippen MR) is 77.5 cm³/mol. The molecular formula is C14H16BrClN2. The molecule has 0 heterocycles. The highest BCUT2D eigenvalue weighted by Gasteiger charge is 2.20. The first-order chi connectivity index (χ1) is 8.70. The summed E-state index contributed by atoms with van der Waals surface area (Å²) in [4.78, 5) is 0. The van der Waals surface area contributed by atoms with Crippen LogP contribution in [0, 0.1) is 11.3 Å². The fraction of sp³-hybridized carbons (Fsp3) is 0.500. The average Bonchev–Trinajstić information content (AvgIpc) is 2.38. The van der Waals surface area contributed by atoms with Gasteiger partial charge in [-0.05, 0) is 30.5 Å². The summed E-state index contributed by atoms with van der Waals surface area (Å²) in [5.74, 6) is 0. The number of rotatable bonds is 3. The molecule has 1 aromatic rings. The molecule has 2 rings (SSSR count). The number of nitrogens with zero attached hydrogens (tertiary/aromatic N) is 1. The van der Waals surface area contributed by atoms with Crippen LogP contribution in [0.15, 0.2) is 22.7 Å². The number of nitriles is 1. The topological polar surface area (TPSA) is 35.8 Å². The second kappa shape index (κ2) is 6.56. The van der Waals surface area contributed by atoms with E-state index in [9.17, 15) is 5.26 Å². The number of benzene rings is 1. The molecule has 0 bridgehead atoms.